The van der Waals surface area contributed by atoms with Crippen LogP contribution in [0.4, 0.5) is 0 Å². The lowest BCUT2D eigenvalue weighted by Gasteiger charge is -2.35. The van der Waals surface area contributed by atoms with E-state index in [0.717, 1.165) is 32.4 Å². The van der Waals surface area contributed by atoms with Crippen LogP contribution in [0.3, 0.4) is 0 Å². The van der Waals surface area contributed by atoms with Crippen molar-refractivity contribution >= 4 is 5.91 Å². The van der Waals surface area contributed by atoms with Crippen molar-refractivity contribution in [2.45, 2.75) is 51.5 Å². The van der Waals surface area contributed by atoms with Gasteiger partial charge in [0.25, 0.3) is 0 Å². The molecule has 2 fully saturated rings. The lowest BCUT2D eigenvalue weighted by atomic mass is 9.79. The predicted octanol–water partition coefficient (Wildman–Crippen LogP) is 1.76. The van der Waals surface area contributed by atoms with E-state index in [1.165, 1.54) is 19.3 Å². The van der Waals surface area contributed by atoms with Crippen molar-refractivity contribution in [2.24, 2.45) is 17.6 Å². The fourth-order valence-corrected chi connectivity index (χ4v) is 2.95. The summed E-state index contributed by atoms with van der Waals surface area (Å²) in [6.07, 6.45) is 6.71. The van der Waals surface area contributed by atoms with Crippen LogP contribution < -0.4 is 5.73 Å². The zero-order valence-electron chi connectivity index (χ0n) is 10.3. The quantitative estimate of drug-likeness (QED) is 0.737. The SMILES string of the molecule is CC1CCC(C(=O)N2CCCCC2)CC1N. The van der Waals surface area contributed by atoms with Gasteiger partial charge in [0.15, 0.2) is 0 Å². The number of nitrogens with zero attached hydrogens (tertiary/aromatic N) is 1. The van der Waals surface area contributed by atoms with Crippen LogP contribution in [-0.2, 0) is 4.79 Å². The summed E-state index contributed by atoms with van der Waals surface area (Å²) in [6.45, 7) is 4.15. The van der Waals surface area contributed by atoms with Crippen molar-refractivity contribution in [1.29, 1.82) is 0 Å². The molecule has 1 heterocycles. The Hall–Kier alpha value is -0.570. The van der Waals surface area contributed by atoms with E-state index in [0.29, 0.717) is 11.8 Å². The van der Waals surface area contributed by atoms with E-state index in [-0.39, 0.29) is 12.0 Å². The monoisotopic (exact) mass is 224 g/mol. The molecule has 16 heavy (non-hydrogen) atoms. The fourth-order valence-electron chi connectivity index (χ4n) is 2.95. The summed E-state index contributed by atoms with van der Waals surface area (Å²) in [6, 6.07) is 0.229. The summed E-state index contributed by atoms with van der Waals surface area (Å²) in [7, 11) is 0. The molecule has 1 aliphatic heterocycles. The molecule has 0 aromatic carbocycles. The van der Waals surface area contributed by atoms with Gasteiger partial charge in [0.1, 0.15) is 0 Å². The molecule has 3 heteroatoms. The lowest BCUT2D eigenvalue weighted by molar-refractivity contribution is -0.137. The minimum atomic E-state index is 0.212. The van der Waals surface area contributed by atoms with Crippen LogP contribution in [0, 0.1) is 11.8 Å². The molecule has 0 aromatic rings. The van der Waals surface area contributed by atoms with Crippen molar-refractivity contribution in [2.75, 3.05) is 13.1 Å². The highest BCUT2D eigenvalue weighted by atomic mass is 16.2. The Bertz CT molecular complexity index is 248. The standard InChI is InChI=1S/C13H24N2O/c1-10-5-6-11(9-12(10)14)13(16)15-7-3-2-4-8-15/h10-12H,2-9,14H2,1H3. The number of carbonyl (C=O) groups is 1. The molecule has 1 amide bonds. The van der Waals surface area contributed by atoms with Gasteiger partial charge < -0.3 is 10.6 Å². The third-order valence-corrected chi connectivity index (χ3v) is 4.28. The first-order valence-electron chi connectivity index (χ1n) is 6.73. The number of carbonyl (C=O) groups excluding carboxylic acids is 1. The highest BCUT2D eigenvalue weighted by Gasteiger charge is 2.32. The molecule has 3 unspecified atom stereocenters. The van der Waals surface area contributed by atoms with Gasteiger partial charge in [-0.2, -0.15) is 0 Å². The van der Waals surface area contributed by atoms with Crippen LogP contribution in [0.1, 0.15) is 45.4 Å². The maximum atomic E-state index is 12.3. The van der Waals surface area contributed by atoms with Gasteiger partial charge >= 0.3 is 0 Å². The highest BCUT2D eigenvalue weighted by molar-refractivity contribution is 5.79. The number of hydrogen-bond donors (Lipinski definition) is 1. The molecule has 3 nitrogen and oxygen atoms in total. The number of nitrogens with two attached hydrogens (primary N) is 1. The van der Waals surface area contributed by atoms with E-state index >= 15 is 0 Å². The summed E-state index contributed by atoms with van der Waals surface area (Å²) in [5.41, 5.74) is 6.07. The number of likely N-dealkylation sites (tertiary alicyclic amines) is 1. The van der Waals surface area contributed by atoms with E-state index < -0.39 is 0 Å². The van der Waals surface area contributed by atoms with Crippen LogP contribution in [0.5, 0.6) is 0 Å². The van der Waals surface area contributed by atoms with E-state index in [1.54, 1.807) is 0 Å². The van der Waals surface area contributed by atoms with Gasteiger partial charge in [-0.05, 0) is 44.4 Å². The van der Waals surface area contributed by atoms with Crippen LogP contribution in [0.2, 0.25) is 0 Å². The summed E-state index contributed by atoms with van der Waals surface area (Å²) in [4.78, 5) is 14.3. The van der Waals surface area contributed by atoms with Crippen molar-refractivity contribution in [1.82, 2.24) is 4.90 Å². The molecule has 1 aliphatic carbocycles. The summed E-state index contributed by atoms with van der Waals surface area (Å²) < 4.78 is 0. The second kappa shape index (κ2) is 5.17. The first-order chi connectivity index (χ1) is 7.68. The Morgan fingerprint density at radius 1 is 1.19 bits per heavy atom. The van der Waals surface area contributed by atoms with Gasteiger partial charge in [0, 0.05) is 25.0 Å². The minimum absolute atomic E-state index is 0.212. The van der Waals surface area contributed by atoms with E-state index in [2.05, 4.69) is 11.8 Å². The predicted molar refractivity (Wildman–Crippen MR) is 64.9 cm³/mol. The van der Waals surface area contributed by atoms with Crippen LogP contribution in [0.15, 0.2) is 0 Å². The van der Waals surface area contributed by atoms with Gasteiger partial charge in [-0.15, -0.1) is 0 Å². The first kappa shape index (κ1) is 11.9. The number of rotatable bonds is 1. The number of piperidine rings is 1. The van der Waals surface area contributed by atoms with E-state index in [9.17, 15) is 4.79 Å². The second-order valence-electron chi connectivity index (χ2n) is 5.54. The molecular weight excluding hydrogens is 200 g/mol. The molecule has 0 bridgehead atoms. The molecule has 0 spiro atoms. The molecule has 1 saturated carbocycles. The molecule has 3 atom stereocenters. The van der Waals surface area contributed by atoms with Gasteiger partial charge in [-0.3, -0.25) is 4.79 Å². The third-order valence-electron chi connectivity index (χ3n) is 4.28. The Morgan fingerprint density at radius 2 is 1.88 bits per heavy atom. The van der Waals surface area contributed by atoms with Gasteiger partial charge in [0.05, 0.1) is 0 Å². The molecular formula is C13H24N2O. The molecule has 2 aliphatic rings. The Morgan fingerprint density at radius 3 is 2.50 bits per heavy atom. The maximum Gasteiger partial charge on any atom is 0.225 e. The highest BCUT2D eigenvalue weighted by Crippen LogP contribution is 2.29. The average Bonchev–Trinajstić information content (AvgIpc) is 2.33. The largest absolute Gasteiger partial charge is 0.342 e. The third kappa shape index (κ3) is 2.57. The molecule has 0 radical (unpaired) electrons. The van der Waals surface area contributed by atoms with Crippen LogP contribution >= 0.6 is 0 Å². The zero-order chi connectivity index (χ0) is 11.5. The minimum Gasteiger partial charge on any atom is -0.342 e. The smallest absolute Gasteiger partial charge is 0.225 e. The lowest BCUT2D eigenvalue weighted by Crippen LogP contribution is -2.44. The molecule has 1 saturated heterocycles. The Balaban J connectivity index is 1.89. The van der Waals surface area contributed by atoms with Crippen molar-refractivity contribution in [3.8, 4) is 0 Å². The summed E-state index contributed by atoms with van der Waals surface area (Å²) in [5.74, 6) is 1.18. The van der Waals surface area contributed by atoms with Gasteiger partial charge in [0.2, 0.25) is 5.91 Å². The van der Waals surface area contributed by atoms with E-state index in [4.69, 9.17) is 5.73 Å². The second-order valence-corrected chi connectivity index (χ2v) is 5.54. The van der Waals surface area contributed by atoms with Gasteiger partial charge in [-0.25, -0.2) is 0 Å². The molecule has 92 valence electrons. The average molecular weight is 224 g/mol. The summed E-state index contributed by atoms with van der Waals surface area (Å²) >= 11 is 0. The van der Waals surface area contributed by atoms with Crippen LogP contribution in [-0.4, -0.2) is 29.9 Å². The molecule has 0 aromatic heterocycles. The Kier molecular flexibility index (Phi) is 3.85. The van der Waals surface area contributed by atoms with Crippen molar-refractivity contribution < 1.29 is 4.79 Å². The summed E-state index contributed by atoms with van der Waals surface area (Å²) in [5, 5.41) is 0. The number of hydrogen-bond acceptors (Lipinski definition) is 2. The van der Waals surface area contributed by atoms with Crippen molar-refractivity contribution in [3.05, 3.63) is 0 Å². The first-order valence-corrected chi connectivity index (χ1v) is 6.73. The molecule has 2 rings (SSSR count). The Labute approximate surface area is 98.4 Å². The normalized spacial score (nSPS) is 36.1. The van der Waals surface area contributed by atoms with Crippen LogP contribution in [0.25, 0.3) is 0 Å². The fraction of sp³-hybridized carbons (Fsp3) is 0.923. The molecule has 2 N–H and O–H groups in total. The topological polar surface area (TPSA) is 46.3 Å². The van der Waals surface area contributed by atoms with Gasteiger partial charge in [-0.1, -0.05) is 6.92 Å². The van der Waals surface area contributed by atoms with Crippen molar-refractivity contribution in [3.63, 3.8) is 0 Å². The number of amides is 1. The van der Waals surface area contributed by atoms with E-state index in [1.807, 2.05) is 0 Å². The zero-order valence-corrected chi connectivity index (χ0v) is 10.3. The maximum absolute atomic E-state index is 12.3.